The lowest BCUT2D eigenvalue weighted by Crippen LogP contribution is -2.28. The molecule has 0 fully saturated rings. The lowest BCUT2D eigenvalue weighted by molar-refractivity contribution is -0.384. The maximum absolute atomic E-state index is 12.0. The molecule has 0 aliphatic rings. The highest BCUT2D eigenvalue weighted by molar-refractivity contribution is 6.33. The van der Waals surface area contributed by atoms with Crippen LogP contribution in [0.2, 0.25) is 5.02 Å². The van der Waals surface area contributed by atoms with Crippen LogP contribution in [0.3, 0.4) is 0 Å². The fourth-order valence-electron chi connectivity index (χ4n) is 1.88. The molecule has 0 bridgehead atoms. The van der Waals surface area contributed by atoms with E-state index in [9.17, 15) is 20.0 Å². The van der Waals surface area contributed by atoms with Crippen molar-refractivity contribution in [2.45, 2.75) is 6.10 Å². The van der Waals surface area contributed by atoms with E-state index in [1.807, 2.05) is 6.07 Å². The number of aliphatic hydroxyl groups excluding tert-OH is 1. The molecule has 0 aromatic heterocycles. The topological polar surface area (TPSA) is 92.5 Å². The van der Waals surface area contributed by atoms with E-state index in [-0.39, 0.29) is 22.8 Å². The van der Waals surface area contributed by atoms with Gasteiger partial charge in [-0.15, -0.1) is 0 Å². The third kappa shape index (κ3) is 3.81. The summed E-state index contributed by atoms with van der Waals surface area (Å²) in [6.45, 7) is -0.0259. The molecule has 6 nitrogen and oxygen atoms in total. The van der Waals surface area contributed by atoms with Gasteiger partial charge in [0.1, 0.15) is 0 Å². The zero-order valence-corrected chi connectivity index (χ0v) is 12.2. The molecule has 22 heavy (non-hydrogen) atoms. The minimum atomic E-state index is -0.873. The Morgan fingerprint density at radius 2 is 1.95 bits per heavy atom. The van der Waals surface area contributed by atoms with Crippen LogP contribution in [0.5, 0.6) is 0 Å². The van der Waals surface area contributed by atoms with Gasteiger partial charge in [-0.25, -0.2) is 0 Å². The van der Waals surface area contributed by atoms with Crippen molar-refractivity contribution in [3.8, 4) is 0 Å². The minimum absolute atomic E-state index is 0.00358. The van der Waals surface area contributed by atoms with E-state index in [1.165, 1.54) is 12.1 Å². The molecule has 114 valence electrons. The molecule has 7 heteroatoms. The molecule has 2 aromatic carbocycles. The average Bonchev–Trinajstić information content (AvgIpc) is 2.53. The van der Waals surface area contributed by atoms with Crippen molar-refractivity contribution in [2.24, 2.45) is 0 Å². The lowest BCUT2D eigenvalue weighted by Gasteiger charge is -2.12. The molecule has 0 saturated carbocycles. The number of nitrogens with one attached hydrogen (secondary N) is 1. The summed E-state index contributed by atoms with van der Waals surface area (Å²) < 4.78 is 0. The Morgan fingerprint density at radius 1 is 1.27 bits per heavy atom. The van der Waals surface area contributed by atoms with E-state index in [0.717, 1.165) is 6.07 Å². The summed E-state index contributed by atoms with van der Waals surface area (Å²) >= 11 is 5.88. The molecule has 1 unspecified atom stereocenters. The van der Waals surface area contributed by atoms with Crippen molar-refractivity contribution in [3.63, 3.8) is 0 Å². The summed E-state index contributed by atoms with van der Waals surface area (Å²) in [5.74, 6) is -0.580. The number of benzene rings is 2. The molecule has 2 N–H and O–H groups in total. The molecule has 1 atom stereocenters. The molecule has 1 amide bonds. The third-order valence-corrected chi connectivity index (χ3v) is 3.38. The molecule has 0 aliphatic carbocycles. The lowest BCUT2D eigenvalue weighted by atomic mass is 10.1. The summed E-state index contributed by atoms with van der Waals surface area (Å²) in [5.41, 5.74) is 0.433. The fourth-order valence-corrected chi connectivity index (χ4v) is 2.08. The van der Waals surface area contributed by atoms with Crippen LogP contribution in [0, 0.1) is 10.1 Å². The van der Waals surface area contributed by atoms with Crippen LogP contribution in [0.1, 0.15) is 22.0 Å². The van der Waals surface area contributed by atoms with Crippen LogP contribution in [-0.2, 0) is 0 Å². The zero-order valence-electron chi connectivity index (χ0n) is 11.4. The number of nitrogens with zero attached hydrogens (tertiary/aromatic N) is 1. The second-order valence-corrected chi connectivity index (χ2v) is 4.96. The average molecular weight is 321 g/mol. The van der Waals surface area contributed by atoms with Gasteiger partial charge in [0.05, 0.1) is 21.6 Å². The first kappa shape index (κ1) is 15.9. The smallest absolute Gasteiger partial charge is 0.270 e. The first-order valence-corrected chi connectivity index (χ1v) is 6.82. The predicted molar refractivity (Wildman–Crippen MR) is 81.8 cm³/mol. The number of rotatable bonds is 5. The number of hydrogen-bond donors (Lipinski definition) is 2. The van der Waals surface area contributed by atoms with Gasteiger partial charge in [0.15, 0.2) is 0 Å². The largest absolute Gasteiger partial charge is 0.387 e. The number of amides is 1. The van der Waals surface area contributed by atoms with Gasteiger partial charge < -0.3 is 10.4 Å². The Balaban J connectivity index is 2.06. The maximum Gasteiger partial charge on any atom is 0.270 e. The van der Waals surface area contributed by atoms with Crippen LogP contribution in [0.15, 0.2) is 48.5 Å². The highest BCUT2D eigenvalue weighted by Crippen LogP contribution is 2.22. The van der Waals surface area contributed by atoms with Crippen molar-refractivity contribution < 1.29 is 14.8 Å². The van der Waals surface area contributed by atoms with Crippen LogP contribution in [0.4, 0.5) is 5.69 Å². The van der Waals surface area contributed by atoms with Gasteiger partial charge in [0.2, 0.25) is 0 Å². The van der Waals surface area contributed by atoms with Crippen LogP contribution < -0.4 is 5.32 Å². The molecule has 0 aliphatic heterocycles. The van der Waals surface area contributed by atoms with Crippen LogP contribution >= 0.6 is 11.6 Å². The minimum Gasteiger partial charge on any atom is -0.387 e. The van der Waals surface area contributed by atoms with E-state index in [2.05, 4.69) is 5.32 Å². The Hall–Kier alpha value is -2.44. The SMILES string of the molecule is O=C(NCC(O)c1ccccc1)c1cc([N+](=O)[O-])ccc1Cl. The Kier molecular flexibility index (Phi) is 5.08. The van der Waals surface area contributed by atoms with Gasteiger partial charge in [0.25, 0.3) is 11.6 Å². The molecule has 0 heterocycles. The molecular formula is C15H13ClN2O4. The van der Waals surface area contributed by atoms with Crippen molar-refractivity contribution in [3.05, 3.63) is 74.8 Å². The highest BCUT2D eigenvalue weighted by atomic mass is 35.5. The van der Waals surface area contributed by atoms with Gasteiger partial charge in [-0.05, 0) is 11.6 Å². The number of carbonyl (C=O) groups excluding carboxylic acids is 1. The number of carbonyl (C=O) groups is 1. The zero-order chi connectivity index (χ0) is 16.1. The quantitative estimate of drug-likeness (QED) is 0.654. The molecule has 0 saturated heterocycles. The Morgan fingerprint density at radius 3 is 2.59 bits per heavy atom. The number of hydrogen-bond acceptors (Lipinski definition) is 4. The summed E-state index contributed by atoms with van der Waals surface area (Å²) in [7, 11) is 0. The number of halogens is 1. The Labute approximate surface area is 131 Å². The van der Waals surface area contributed by atoms with Gasteiger partial charge in [0, 0.05) is 18.7 Å². The number of aliphatic hydroxyl groups is 1. The highest BCUT2D eigenvalue weighted by Gasteiger charge is 2.17. The number of non-ortho nitro benzene ring substituents is 1. The summed E-state index contributed by atoms with van der Waals surface area (Å²) in [5, 5.41) is 23.3. The molecule has 0 spiro atoms. The monoisotopic (exact) mass is 320 g/mol. The van der Waals surface area contributed by atoms with E-state index in [4.69, 9.17) is 11.6 Å². The van der Waals surface area contributed by atoms with E-state index in [1.54, 1.807) is 24.3 Å². The number of nitro benzene ring substituents is 1. The van der Waals surface area contributed by atoms with Crippen molar-refractivity contribution in [1.29, 1.82) is 0 Å². The number of nitro groups is 1. The van der Waals surface area contributed by atoms with Crippen molar-refractivity contribution in [1.82, 2.24) is 5.32 Å². The van der Waals surface area contributed by atoms with E-state index < -0.39 is 16.9 Å². The van der Waals surface area contributed by atoms with Crippen LogP contribution in [0.25, 0.3) is 0 Å². The third-order valence-electron chi connectivity index (χ3n) is 3.05. The predicted octanol–water partition coefficient (Wildman–Crippen LogP) is 2.71. The van der Waals surface area contributed by atoms with Gasteiger partial charge in [-0.3, -0.25) is 14.9 Å². The summed E-state index contributed by atoms with van der Waals surface area (Å²) in [4.78, 5) is 22.2. The fraction of sp³-hybridized carbons (Fsp3) is 0.133. The normalized spacial score (nSPS) is 11.7. The molecule has 0 radical (unpaired) electrons. The second-order valence-electron chi connectivity index (χ2n) is 4.56. The standard InChI is InChI=1S/C15H13ClN2O4/c16-13-7-6-11(18(21)22)8-12(13)15(20)17-9-14(19)10-4-2-1-3-5-10/h1-8,14,19H,9H2,(H,17,20). The Bertz CT molecular complexity index is 691. The van der Waals surface area contributed by atoms with Crippen molar-refractivity contribution in [2.75, 3.05) is 6.54 Å². The molecule has 2 aromatic rings. The first-order valence-electron chi connectivity index (χ1n) is 6.44. The summed E-state index contributed by atoms with van der Waals surface area (Å²) in [6.07, 6.45) is -0.873. The van der Waals surface area contributed by atoms with Gasteiger partial charge in [-0.2, -0.15) is 0 Å². The molecular weight excluding hydrogens is 308 g/mol. The summed E-state index contributed by atoms with van der Waals surface area (Å²) in [6, 6.07) is 12.5. The van der Waals surface area contributed by atoms with E-state index >= 15 is 0 Å². The second kappa shape index (κ2) is 7.02. The van der Waals surface area contributed by atoms with Crippen LogP contribution in [-0.4, -0.2) is 22.5 Å². The van der Waals surface area contributed by atoms with Crippen molar-refractivity contribution >= 4 is 23.2 Å². The van der Waals surface area contributed by atoms with Gasteiger partial charge >= 0.3 is 0 Å². The van der Waals surface area contributed by atoms with Gasteiger partial charge in [-0.1, -0.05) is 41.9 Å². The maximum atomic E-state index is 12.0. The van der Waals surface area contributed by atoms with E-state index in [0.29, 0.717) is 5.56 Å². The first-order chi connectivity index (χ1) is 10.5. The molecule has 2 rings (SSSR count).